The van der Waals surface area contributed by atoms with Crippen LogP contribution in [0.1, 0.15) is 12.8 Å². The second kappa shape index (κ2) is 4.95. The maximum atomic E-state index is 5.92. The summed E-state index contributed by atoms with van der Waals surface area (Å²) in [6.07, 6.45) is 6.13. The number of anilines is 1. The van der Waals surface area contributed by atoms with Crippen LogP contribution in [0.15, 0.2) is 12.4 Å². The Balaban J connectivity index is 1.42. The van der Waals surface area contributed by atoms with Gasteiger partial charge < -0.3 is 10.1 Å². The first-order valence-electron chi connectivity index (χ1n) is 7.02. The van der Waals surface area contributed by atoms with Gasteiger partial charge in [-0.3, -0.25) is 9.88 Å². The minimum atomic E-state index is 0.205. The molecule has 0 spiro atoms. The average molecular weight is 275 g/mol. The van der Waals surface area contributed by atoms with Crippen molar-refractivity contribution in [1.82, 2.24) is 29.9 Å². The van der Waals surface area contributed by atoms with E-state index in [0.29, 0.717) is 11.7 Å². The smallest absolute Gasteiger partial charge is 0.199 e. The molecule has 8 nitrogen and oxygen atoms in total. The first-order chi connectivity index (χ1) is 9.90. The predicted molar refractivity (Wildman–Crippen MR) is 71.4 cm³/mol. The van der Waals surface area contributed by atoms with Crippen LogP contribution >= 0.6 is 0 Å². The van der Waals surface area contributed by atoms with E-state index in [-0.39, 0.29) is 6.10 Å². The number of hydrogen-bond donors (Lipinski definition) is 1. The van der Waals surface area contributed by atoms with Crippen molar-refractivity contribution in [3.63, 3.8) is 0 Å². The van der Waals surface area contributed by atoms with Gasteiger partial charge in [0, 0.05) is 19.1 Å². The molecule has 2 aliphatic heterocycles. The lowest BCUT2D eigenvalue weighted by atomic mass is 10.2. The van der Waals surface area contributed by atoms with Crippen molar-refractivity contribution in [2.75, 3.05) is 31.6 Å². The lowest BCUT2D eigenvalue weighted by molar-refractivity contribution is -0.0416. The van der Waals surface area contributed by atoms with Crippen molar-refractivity contribution in [1.29, 1.82) is 0 Å². The van der Waals surface area contributed by atoms with Crippen LogP contribution < -0.4 is 5.32 Å². The normalized spacial score (nSPS) is 26.8. The first kappa shape index (κ1) is 12.0. The zero-order valence-electron chi connectivity index (χ0n) is 11.1. The second-order valence-corrected chi connectivity index (χ2v) is 5.37. The molecule has 2 fully saturated rings. The maximum Gasteiger partial charge on any atom is 0.199 e. The molecule has 2 aromatic rings. The number of rotatable bonds is 3. The SMILES string of the molecule is c1ncc2nnnn2c1NCC1CN2CCCC2CO1. The molecular formula is C12H17N7O. The quantitative estimate of drug-likeness (QED) is 0.830. The Kier molecular flexibility index (Phi) is 2.96. The topological polar surface area (TPSA) is 80.5 Å². The van der Waals surface area contributed by atoms with Gasteiger partial charge in [0.15, 0.2) is 11.5 Å². The van der Waals surface area contributed by atoms with Gasteiger partial charge in [-0.1, -0.05) is 0 Å². The third-order valence-corrected chi connectivity index (χ3v) is 4.08. The summed E-state index contributed by atoms with van der Waals surface area (Å²) < 4.78 is 7.57. The number of aromatic nitrogens is 5. The highest BCUT2D eigenvalue weighted by Crippen LogP contribution is 2.22. The van der Waals surface area contributed by atoms with E-state index in [1.54, 1.807) is 16.9 Å². The van der Waals surface area contributed by atoms with Gasteiger partial charge in [-0.2, -0.15) is 4.52 Å². The molecule has 1 N–H and O–H groups in total. The van der Waals surface area contributed by atoms with Gasteiger partial charge in [0.1, 0.15) is 0 Å². The lowest BCUT2D eigenvalue weighted by Gasteiger charge is -2.35. The second-order valence-electron chi connectivity index (χ2n) is 5.37. The standard InChI is InChI=1S/C12H17N7O/c1-2-9-8-20-10(7-18(9)3-1)4-14-11-5-13-6-12-15-16-17-19(11)12/h5-6,9-10,14H,1-4,7-8H2. The van der Waals surface area contributed by atoms with E-state index in [0.717, 1.165) is 25.5 Å². The van der Waals surface area contributed by atoms with Crippen LogP contribution in [0, 0.1) is 0 Å². The molecule has 20 heavy (non-hydrogen) atoms. The van der Waals surface area contributed by atoms with Crippen LogP contribution in [0.2, 0.25) is 0 Å². The molecule has 0 amide bonds. The fraction of sp³-hybridized carbons (Fsp3) is 0.667. The molecule has 2 aliphatic rings. The van der Waals surface area contributed by atoms with E-state index in [1.165, 1.54) is 19.4 Å². The minimum absolute atomic E-state index is 0.205. The molecular weight excluding hydrogens is 258 g/mol. The number of ether oxygens (including phenoxy) is 1. The molecule has 2 aromatic heterocycles. The van der Waals surface area contributed by atoms with Crippen molar-refractivity contribution in [2.24, 2.45) is 0 Å². The van der Waals surface area contributed by atoms with Gasteiger partial charge in [-0.05, 0) is 29.8 Å². The Hall–Kier alpha value is -1.80. The maximum absolute atomic E-state index is 5.92. The first-order valence-corrected chi connectivity index (χ1v) is 7.02. The summed E-state index contributed by atoms with van der Waals surface area (Å²) in [4.78, 5) is 6.66. The summed E-state index contributed by atoms with van der Waals surface area (Å²) in [6, 6.07) is 0.635. The van der Waals surface area contributed by atoms with E-state index >= 15 is 0 Å². The summed E-state index contributed by atoms with van der Waals surface area (Å²) in [7, 11) is 0. The van der Waals surface area contributed by atoms with Crippen molar-refractivity contribution >= 4 is 11.5 Å². The summed E-state index contributed by atoms with van der Waals surface area (Å²) in [5.74, 6) is 0.791. The monoisotopic (exact) mass is 275 g/mol. The van der Waals surface area contributed by atoms with E-state index in [4.69, 9.17) is 4.74 Å². The van der Waals surface area contributed by atoms with Crippen molar-refractivity contribution in [2.45, 2.75) is 25.0 Å². The number of nitrogens with zero attached hydrogens (tertiary/aromatic N) is 6. The molecule has 8 heteroatoms. The summed E-state index contributed by atoms with van der Waals surface area (Å²) in [5.41, 5.74) is 0.638. The number of fused-ring (bicyclic) bond motifs is 2. The number of nitrogens with one attached hydrogen (secondary N) is 1. The number of morpholine rings is 1. The molecule has 0 aromatic carbocycles. The number of hydrogen-bond acceptors (Lipinski definition) is 7. The Morgan fingerprint density at radius 2 is 2.40 bits per heavy atom. The minimum Gasteiger partial charge on any atom is -0.373 e. The van der Waals surface area contributed by atoms with E-state index in [1.807, 2.05) is 0 Å². The third kappa shape index (κ3) is 2.10. The molecule has 0 bridgehead atoms. The van der Waals surface area contributed by atoms with Crippen LogP contribution in [0.4, 0.5) is 5.82 Å². The van der Waals surface area contributed by atoms with Gasteiger partial charge in [0.2, 0.25) is 0 Å². The van der Waals surface area contributed by atoms with E-state index < -0.39 is 0 Å². The molecule has 106 valence electrons. The van der Waals surface area contributed by atoms with Crippen LogP contribution in [0.5, 0.6) is 0 Å². The predicted octanol–water partition coefficient (Wildman–Crippen LogP) is -0.206. The largest absolute Gasteiger partial charge is 0.373 e. The molecule has 4 heterocycles. The van der Waals surface area contributed by atoms with Crippen molar-refractivity contribution < 1.29 is 4.74 Å². The Morgan fingerprint density at radius 1 is 1.40 bits per heavy atom. The lowest BCUT2D eigenvalue weighted by Crippen LogP contribution is -2.48. The fourth-order valence-corrected chi connectivity index (χ4v) is 3.02. The van der Waals surface area contributed by atoms with Crippen LogP contribution in [-0.2, 0) is 4.74 Å². The molecule has 4 rings (SSSR count). The van der Waals surface area contributed by atoms with Crippen molar-refractivity contribution in [3.05, 3.63) is 12.4 Å². The average Bonchev–Trinajstić information content (AvgIpc) is 3.13. The zero-order chi connectivity index (χ0) is 13.4. The summed E-state index contributed by atoms with van der Waals surface area (Å²) in [5, 5.41) is 14.8. The van der Waals surface area contributed by atoms with Crippen LogP contribution in [-0.4, -0.2) is 68.3 Å². The fourth-order valence-electron chi connectivity index (χ4n) is 3.02. The Morgan fingerprint density at radius 3 is 3.40 bits per heavy atom. The summed E-state index contributed by atoms with van der Waals surface area (Å²) >= 11 is 0. The molecule has 0 radical (unpaired) electrons. The molecule has 2 saturated heterocycles. The Bertz CT molecular complexity index is 600. The van der Waals surface area contributed by atoms with Crippen LogP contribution in [0.3, 0.4) is 0 Å². The summed E-state index contributed by atoms with van der Waals surface area (Å²) in [6.45, 7) is 3.79. The van der Waals surface area contributed by atoms with Crippen LogP contribution in [0.25, 0.3) is 5.65 Å². The number of tetrazole rings is 1. The highest BCUT2D eigenvalue weighted by molar-refractivity contribution is 5.43. The highest BCUT2D eigenvalue weighted by Gasteiger charge is 2.32. The highest BCUT2D eigenvalue weighted by atomic mass is 16.5. The molecule has 2 atom stereocenters. The van der Waals surface area contributed by atoms with Crippen molar-refractivity contribution in [3.8, 4) is 0 Å². The zero-order valence-corrected chi connectivity index (χ0v) is 11.1. The van der Waals surface area contributed by atoms with E-state index in [9.17, 15) is 0 Å². The molecule has 2 unspecified atom stereocenters. The third-order valence-electron chi connectivity index (χ3n) is 4.08. The Labute approximate surface area is 116 Å². The molecule has 0 aliphatic carbocycles. The van der Waals surface area contributed by atoms with Gasteiger partial charge in [-0.25, -0.2) is 0 Å². The molecule has 0 saturated carbocycles. The van der Waals surface area contributed by atoms with Gasteiger partial charge in [-0.15, -0.1) is 5.10 Å². The van der Waals surface area contributed by atoms with Gasteiger partial charge >= 0.3 is 0 Å². The van der Waals surface area contributed by atoms with Gasteiger partial charge in [0.25, 0.3) is 0 Å². The van der Waals surface area contributed by atoms with Gasteiger partial charge in [0.05, 0.1) is 25.1 Å². The van der Waals surface area contributed by atoms with E-state index in [2.05, 4.69) is 30.7 Å².